The first kappa shape index (κ1) is 20.1. The number of anilines is 1. The van der Waals surface area contributed by atoms with Crippen molar-refractivity contribution in [3.05, 3.63) is 91.7 Å². The van der Waals surface area contributed by atoms with Crippen LogP contribution in [-0.4, -0.2) is 26.5 Å². The van der Waals surface area contributed by atoms with Crippen molar-refractivity contribution in [3.8, 4) is 5.69 Å². The molecule has 0 unspecified atom stereocenters. The molecule has 3 aromatic carbocycles. The third-order valence-electron chi connectivity index (χ3n) is 5.59. The Bertz CT molecular complexity index is 1470. The molecule has 32 heavy (non-hydrogen) atoms. The van der Waals surface area contributed by atoms with Crippen molar-refractivity contribution in [1.82, 2.24) is 9.78 Å². The highest BCUT2D eigenvalue weighted by molar-refractivity contribution is 9.10. The van der Waals surface area contributed by atoms with Crippen molar-refractivity contribution in [1.29, 1.82) is 0 Å². The fraction of sp³-hybridized carbons (Fsp3) is 0.0870. The number of imide groups is 1. The van der Waals surface area contributed by atoms with E-state index in [-0.39, 0.29) is 5.69 Å². The summed E-state index contributed by atoms with van der Waals surface area (Å²) in [6.45, 7) is 3.48. The molecule has 2 amide bonds. The van der Waals surface area contributed by atoms with Crippen LogP contribution < -0.4 is 4.90 Å². The summed E-state index contributed by atoms with van der Waals surface area (Å²) in [5.74, 6) is -0.834. The molecular formula is C23H15BrN4O4. The number of nitro groups is 1. The lowest BCUT2D eigenvalue weighted by Gasteiger charge is -2.27. The number of non-ortho nitro benzene ring substituents is 1. The van der Waals surface area contributed by atoms with Crippen LogP contribution in [0.3, 0.4) is 0 Å². The average molecular weight is 491 g/mol. The fourth-order valence-electron chi connectivity index (χ4n) is 4.20. The summed E-state index contributed by atoms with van der Waals surface area (Å²) in [7, 11) is 0. The van der Waals surface area contributed by atoms with E-state index in [1.807, 2.05) is 12.1 Å². The van der Waals surface area contributed by atoms with Crippen molar-refractivity contribution in [2.24, 2.45) is 0 Å². The lowest BCUT2D eigenvalue weighted by molar-refractivity contribution is -0.384. The van der Waals surface area contributed by atoms with Gasteiger partial charge in [-0.15, -0.1) is 0 Å². The number of rotatable bonds is 3. The molecule has 0 bridgehead atoms. The van der Waals surface area contributed by atoms with E-state index in [0.717, 1.165) is 9.86 Å². The molecule has 0 saturated heterocycles. The van der Waals surface area contributed by atoms with E-state index in [9.17, 15) is 19.7 Å². The van der Waals surface area contributed by atoms with Crippen molar-refractivity contribution in [3.63, 3.8) is 0 Å². The van der Waals surface area contributed by atoms with Crippen molar-refractivity contribution >= 4 is 49.9 Å². The maximum absolute atomic E-state index is 13.5. The second-order valence-electron chi connectivity index (χ2n) is 7.51. The highest BCUT2D eigenvalue weighted by atomic mass is 79.9. The molecule has 0 N–H and O–H groups in total. The first-order valence-corrected chi connectivity index (χ1v) is 10.5. The maximum atomic E-state index is 13.5. The zero-order valence-electron chi connectivity index (χ0n) is 17.0. The Morgan fingerprint density at radius 1 is 0.969 bits per heavy atom. The minimum absolute atomic E-state index is 0.0350. The second kappa shape index (κ2) is 7.10. The Morgan fingerprint density at radius 3 is 2.34 bits per heavy atom. The van der Waals surface area contributed by atoms with Crippen LogP contribution in [0.15, 0.2) is 59.1 Å². The molecule has 0 saturated carbocycles. The first-order valence-electron chi connectivity index (χ1n) is 9.70. The summed E-state index contributed by atoms with van der Waals surface area (Å²) in [6, 6.07) is 14.9. The quantitative estimate of drug-likeness (QED) is 0.225. The van der Waals surface area contributed by atoms with Crippen molar-refractivity contribution in [2.45, 2.75) is 13.8 Å². The number of nitro benzene ring substituents is 1. The number of benzene rings is 3. The molecule has 5 rings (SSSR count). The molecule has 1 aliphatic rings. The van der Waals surface area contributed by atoms with Crippen molar-refractivity contribution in [2.75, 3.05) is 4.90 Å². The van der Waals surface area contributed by atoms with Gasteiger partial charge < -0.3 is 0 Å². The molecule has 2 heterocycles. The molecule has 0 radical (unpaired) electrons. The van der Waals surface area contributed by atoms with Crippen LogP contribution in [0.25, 0.3) is 16.5 Å². The molecule has 9 heteroatoms. The highest BCUT2D eigenvalue weighted by Gasteiger charge is 2.37. The van der Waals surface area contributed by atoms with Crippen LogP contribution in [-0.2, 0) is 0 Å². The number of aromatic nitrogens is 2. The Balaban J connectivity index is 1.67. The van der Waals surface area contributed by atoms with Gasteiger partial charge >= 0.3 is 0 Å². The van der Waals surface area contributed by atoms with Crippen LogP contribution in [0.1, 0.15) is 32.1 Å². The Labute approximate surface area is 190 Å². The molecule has 0 fully saturated rings. The summed E-state index contributed by atoms with van der Waals surface area (Å²) in [5, 5.41) is 16.9. The molecule has 1 aliphatic heterocycles. The van der Waals surface area contributed by atoms with Gasteiger partial charge in [-0.25, -0.2) is 9.58 Å². The molecular weight excluding hydrogens is 476 g/mol. The summed E-state index contributed by atoms with van der Waals surface area (Å²) in [5.41, 5.74) is 2.91. The zero-order valence-corrected chi connectivity index (χ0v) is 18.6. The van der Waals surface area contributed by atoms with Gasteiger partial charge in [0.15, 0.2) is 0 Å². The first-order chi connectivity index (χ1) is 15.3. The molecule has 0 aliphatic carbocycles. The molecule has 1 aromatic heterocycles. The van der Waals surface area contributed by atoms with E-state index in [0.29, 0.717) is 39.3 Å². The zero-order chi connectivity index (χ0) is 22.7. The van der Waals surface area contributed by atoms with E-state index in [1.54, 1.807) is 48.9 Å². The van der Waals surface area contributed by atoms with Gasteiger partial charge in [-0.05, 0) is 49.6 Å². The standard InChI is InChI=1S/C23H15BrN4O4/c1-12-21(13(2)27(25-12)16-6-8-17(9-7-16)28(31)32)26-22(29)18-5-3-4-14-10-15(24)11-19(20(14)18)23(26)30/h3-11H,1-2H3. The minimum atomic E-state index is -0.475. The molecule has 0 spiro atoms. The van der Waals surface area contributed by atoms with Crippen LogP contribution in [0.5, 0.6) is 0 Å². The van der Waals surface area contributed by atoms with Gasteiger partial charge in [-0.3, -0.25) is 19.7 Å². The van der Waals surface area contributed by atoms with E-state index in [4.69, 9.17) is 0 Å². The van der Waals surface area contributed by atoms with Crippen LogP contribution in [0.2, 0.25) is 0 Å². The lowest BCUT2D eigenvalue weighted by Crippen LogP contribution is -2.41. The second-order valence-corrected chi connectivity index (χ2v) is 8.42. The predicted octanol–water partition coefficient (Wildman–Crippen LogP) is 5.11. The lowest BCUT2D eigenvalue weighted by atomic mass is 9.93. The number of nitrogens with zero attached hydrogens (tertiary/aromatic N) is 4. The normalized spacial score (nSPS) is 13.2. The third kappa shape index (κ3) is 2.85. The van der Waals surface area contributed by atoms with E-state index in [2.05, 4.69) is 21.0 Å². The molecule has 158 valence electrons. The van der Waals surface area contributed by atoms with E-state index < -0.39 is 16.7 Å². The van der Waals surface area contributed by atoms with Gasteiger partial charge in [0.2, 0.25) is 0 Å². The van der Waals surface area contributed by atoms with Gasteiger partial charge in [0, 0.05) is 27.6 Å². The predicted molar refractivity (Wildman–Crippen MR) is 122 cm³/mol. The number of hydrogen-bond donors (Lipinski definition) is 0. The Kier molecular flexibility index (Phi) is 4.45. The van der Waals surface area contributed by atoms with Gasteiger partial charge in [-0.1, -0.05) is 28.1 Å². The Morgan fingerprint density at radius 2 is 1.66 bits per heavy atom. The van der Waals surface area contributed by atoms with Crippen molar-refractivity contribution < 1.29 is 14.5 Å². The third-order valence-corrected chi connectivity index (χ3v) is 6.05. The minimum Gasteiger partial charge on any atom is -0.268 e. The van der Waals surface area contributed by atoms with E-state index >= 15 is 0 Å². The molecule has 0 atom stereocenters. The van der Waals surface area contributed by atoms with Crippen LogP contribution in [0.4, 0.5) is 11.4 Å². The van der Waals surface area contributed by atoms with Gasteiger partial charge in [0.1, 0.15) is 0 Å². The number of carbonyl (C=O) groups is 2. The highest BCUT2D eigenvalue weighted by Crippen LogP contribution is 2.37. The van der Waals surface area contributed by atoms with Gasteiger partial charge in [-0.2, -0.15) is 5.10 Å². The van der Waals surface area contributed by atoms with E-state index in [1.165, 1.54) is 17.0 Å². The van der Waals surface area contributed by atoms with Gasteiger partial charge in [0.05, 0.1) is 33.2 Å². The Hall–Kier alpha value is -3.85. The largest absolute Gasteiger partial charge is 0.269 e. The fourth-order valence-corrected chi connectivity index (χ4v) is 4.67. The number of hydrogen-bond acceptors (Lipinski definition) is 5. The number of aryl methyl sites for hydroxylation is 1. The average Bonchev–Trinajstić information content (AvgIpc) is 3.06. The summed E-state index contributed by atoms with van der Waals surface area (Å²) >= 11 is 3.45. The van der Waals surface area contributed by atoms with Crippen LogP contribution >= 0.6 is 15.9 Å². The summed E-state index contributed by atoms with van der Waals surface area (Å²) < 4.78 is 2.32. The summed E-state index contributed by atoms with van der Waals surface area (Å²) in [4.78, 5) is 38.6. The molecule has 8 nitrogen and oxygen atoms in total. The van der Waals surface area contributed by atoms with Gasteiger partial charge in [0.25, 0.3) is 17.5 Å². The maximum Gasteiger partial charge on any atom is 0.269 e. The number of carbonyl (C=O) groups excluding carboxylic acids is 2. The number of amides is 2. The summed E-state index contributed by atoms with van der Waals surface area (Å²) in [6.07, 6.45) is 0. The monoisotopic (exact) mass is 490 g/mol. The molecule has 4 aromatic rings. The number of halogens is 1. The SMILES string of the molecule is Cc1nn(-c2ccc([N+](=O)[O-])cc2)c(C)c1N1C(=O)c2cccc3cc(Br)cc(c23)C1=O. The smallest absolute Gasteiger partial charge is 0.268 e. The van der Waals surface area contributed by atoms with Crippen LogP contribution in [0, 0.1) is 24.0 Å². The topological polar surface area (TPSA) is 98.3 Å².